The van der Waals surface area contributed by atoms with Crippen LogP contribution >= 0.6 is 34.8 Å². The summed E-state index contributed by atoms with van der Waals surface area (Å²) in [4.78, 5) is 9.47. The van der Waals surface area contributed by atoms with Gasteiger partial charge in [-0.15, -0.1) is 11.6 Å². The molecule has 0 amide bonds. The van der Waals surface area contributed by atoms with Gasteiger partial charge < -0.3 is 0 Å². The average molecular weight is 934 g/mol. The van der Waals surface area contributed by atoms with Crippen LogP contribution in [0.4, 0.5) is 0 Å². The second-order valence-corrected chi connectivity index (χ2v) is 22.6. The number of sulfonamides is 2. The molecule has 0 bridgehead atoms. The van der Waals surface area contributed by atoms with Crippen LogP contribution in [0.2, 0.25) is 10.0 Å². The smallest absolute Gasteiger partial charge is 0.264 e. The third-order valence-electron chi connectivity index (χ3n) is 11.8. The van der Waals surface area contributed by atoms with Gasteiger partial charge in [0, 0.05) is 77.5 Å². The summed E-state index contributed by atoms with van der Waals surface area (Å²) in [5.74, 6) is 0.873. The van der Waals surface area contributed by atoms with Crippen molar-refractivity contribution in [1.29, 1.82) is 0 Å². The first-order valence-electron chi connectivity index (χ1n) is 19.6. The minimum absolute atomic E-state index is 0.0767. The SMILES string of the molecule is CS(=O)(=O)N1CCC(C2c3ccc(Cl)cc3C=C(CCl)c3cccnc32)CC1.CS(=O)(=O)OCC1=Cc2cc(Cl)ccc2C(C2CCN(S(C)(=O)=O)CC2)c2ncccc21. The molecule has 2 aliphatic carbocycles. The van der Waals surface area contributed by atoms with E-state index in [-0.39, 0.29) is 24.4 Å². The first kappa shape index (κ1) is 44.9. The molecule has 2 aliphatic heterocycles. The molecule has 2 atom stereocenters. The highest BCUT2D eigenvalue weighted by Gasteiger charge is 2.37. The van der Waals surface area contributed by atoms with Gasteiger partial charge in [-0.05, 0) is 119 Å². The van der Waals surface area contributed by atoms with E-state index in [2.05, 4.69) is 18.2 Å². The van der Waals surface area contributed by atoms with Crippen LogP contribution in [0.25, 0.3) is 23.3 Å². The molecule has 2 fully saturated rings. The molecule has 0 radical (unpaired) electrons. The number of nitrogens with zero attached hydrogens (tertiary/aromatic N) is 4. The van der Waals surface area contributed by atoms with Gasteiger partial charge in [0.25, 0.3) is 10.1 Å². The predicted octanol–water partition coefficient (Wildman–Crippen LogP) is 8.00. The molecule has 2 saturated heterocycles. The minimum atomic E-state index is -3.63. The maximum absolute atomic E-state index is 12.0. The predicted molar refractivity (Wildman–Crippen MR) is 241 cm³/mol. The van der Waals surface area contributed by atoms with Crippen LogP contribution in [0.15, 0.2) is 73.1 Å². The van der Waals surface area contributed by atoms with Crippen LogP contribution in [-0.4, -0.2) is 101 Å². The van der Waals surface area contributed by atoms with Crippen LogP contribution in [-0.2, 0) is 34.3 Å². The van der Waals surface area contributed by atoms with Crippen molar-refractivity contribution in [2.75, 3.05) is 57.4 Å². The summed E-state index contributed by atoms with van der Waals surface area (Å²) in [6.45, 7) is 1.90. The van der Waals surface area contributed by atoms with Crippen molar-refractivity contribution in [3.05, 3.63) is 128 Å². The van der Waals surface area contributed by atoms with Crippen molar-refractivity contribution in [3.8, 4) is 0 Å². The molecular formula is C43H47Cl3N4O7S3. The zero-order valence-electron chi connectivity index (χ0n) is 33.5. The highest BCUT2D eigenvalue weighted by Crippen LogP contribution is 2.46. The topological polar surface area (TPSA) is 144 Å². The number of hydrogen-bond acceptors (Lipinski definition) is 9. The molecule has 11 nitrogen and oxygen atoms in total. The zero-order chi connectivity index (χ0) is 43.0. The molecule has 4 aliphatic rings. The Morgan fingerprint density at radius 2 is 1.05 bits per heavy atom. The summed E-state index contributed by atoms with van der Waals surface area (Å²) in [6.07, 6.45) is 14.1. The number of aromatic nitrogens is 2. The summed E-state index contributed by atoms with van der Waals surface area (Å²) < 4.78 is 79.3. The Bertz CT molecular complexity index is 2660. The molecule has 8 rings (SSSR count). The van der Waals surface area contributed by atoms with Gasteiger partial charge in [-0.1, -0.05) is 47.5 Å². The Kier molecular flexibility index (Phi) is 13.7. The molecular weight excluding hydrogens is 887 g/mol. The number of alkyl halides is 1. The fourth-order valence-electron chi connectivity index (χ4n) is 9.04. The van der Waals surface area contributed by atoms with E-state index in [0.29, 0.717) is 66.4 Å². The monoisotopic (exact) mass is 932 g/mol. The van der Waals surface area contributed by atoms with Gasteiger partial charge in [-0.2, -0.15) is 8.42 Å². The first-order valence-corrected chi connectivity index (χ1v) is 26.4. The van der Waals surface area contributed by atoms with E-state index < -0.39 is 30.2 Å². The first-order chi connectivity index (χ1) is 28.4. The van der Waals surface area contributed by atoms with Crippen LogP contribution in [0.1, 0.15) is 82.3 Å². The Morgan fingerprint density at radius 3 is 1.45 bits per heavy atom. The summed E-state index contributed by atoms with van der Waals surface area (Å²) in [5, 5.41) is 1.27. The number of fused-ring (bicyclic) bond motifs is 4. The van der Waals surface area contributed by atoms with Crippen LogP contribution in [0.3, 0.4) is 0 Å². The summed E-state index contributed by atoms with van der Waals surface area (Å²) in [5.41, 5.74) is 9.68. The average Bonchev–Trinajstić information content (AvgIpc) is 3.43. The molecule has 4 heterocycles. The lowest BCUT2D eigenvalue weighted by Gasteiger charge is -2.35. The third kappa shape index (κ3) is 10.2. The van der Waals surface area contributed by atoms with Crippen molar-refractivity contribution >= 4 is 88.3 Å². The lowest BCUT2D eigenvalue weighted by atomic mass is 9.76. The Labute approximate surface area is 368 Å². The second-order valence-electron chi connectivity index (χ2n) is 15.8. The van der Waals surface area contributed by atoms with E-state index in [0.717, 1.165) is 63.9 Å². The summed E-state index contributed by atoms with van der Waals surface area (Å²) >= 11 is 18.9. The highest BCUT2D eigenvalue weighted by molar-refractivity contribution is 7.88. The second kappa shape index (κ2) is 18.3. The number of rotatable bonds is 8. The quantitative estimate of drug-likeness (QED) is 0.127. The van der Waals surface area contributed by atoms with Gasteiger partial charge in [0.15, 0.2) is 0 Å². The van der Waals surface area contributed by atoms with Gasteiger partial charge >= 0.3 is 0 Å². The molecule has 60 heavy (non-hydrogen) atoms. The number of piperidine rings is 2. The van der Waals surface area contributed by atoms with Gasteiger partial charge in [0.05, 0.1) is 36.8 Å². The van der Waals surface area contributed by atoms with E-state index in [4.69, 9.17) is 49.0 Å². The molecule has 0 saturated carbocycles. The fourth-order valence-corrected chi connectivity index (χ4v) is 11.7. The molecule has 0 N–H and O–H groups in total. The molecule has 17 heteroatoms. The number of halogens is 3. The lowest BCUT2D eigenvalue weighted by molar-refractivity contribution is 0.256. The van der Waals surface area contributed by atoms with Gasteiger partial charge in [0.1, 0.15) is 0 Å². The fraction of sp³-hybridized carbons (Fsp3) is 0.395. The Morgan fingerprint density at radius 1 is 0.633 bits per heavy atom. The van der Waals surface area contributed by atoms with Gasteiger partial charge in [-0.25, -0.2) is 25.4 Å². The Balaban J connectivity index is 0.000000183. The standard InChI is InChI=1S/C22H25ClN2O5S2.C21H22Cl2N2O2S/c1-31(26,27)25-10-7-15(8-11-25)21-19-6-5-18(23)13-16(19)12-17(14-30-32(2,28)29)20-4-3-9-24-22(20)21;1-28(26,27)25-9-6-14(7-10-25)20-18-5-4-17(23)12-15(18)11-16(13-22)19-3-2-8-24-21(19)20/h3-6,9,12-13,15,21H,7-8,10-11,14H2,1-2H3;2-5,8,11-12,14,20H,6-7,9-10,13H2,1H3. The van der Waals surface area contributed by atoms with Crippen molar-refractivity contribution in [1.82, 2.24) is 18.6 Å². The third-order valence-corrected chi connectivity index (χ3v) is 15.7. The van der Waals surface area contributed by atoms with E-state index in [1.165, 1.54) is 22.4 Å². The normalized spacial score (nSPS) is 20.5. The molecule has 2 unspecified atom stereocenters. The van der Waals surface area contributed by atoms with Gasteiger partial charge in [-0.3, -0.25) is 14.2 Å². The minimum Gasteiger partial charge on any atom is -0.265 e. The summed E-state index contributed by atoms with van der Waals surface area (Å²) in [6, 6.07) is 19.4. The van der Waals surface area contributed by atoms with E-state index >= 15 is 0 Å². The molecule has 2 aromatic heterocycles. The maximum Gasteiger partial charge on any atom is 0.264 e. The summed E-state index contributed by atoms with van der Waals surface area (Å²) in [7, 11) is -10.0. The molecule has 4 aromatic rings. The van der Waals surface area contributed by atoms with E-state index in [9.17, 15) is 25.3 Å². The van der Waals surface area contributed by atoms with Crippen LogP contribution in [0, 0.1) is 11.8 Å². The van der Waals surface area contributed by atoms with Crippen molar-refractivity contribution in [2.24, 2.45) is 11.8 Å². The number of allylic oxidation sites excluding steroid dienone is 1. The van der Waals surface area contributed by atoms with Gasteiger partial charge in [0.2, 0.25) is 20.0 Å². The van der Waals surface area contributed by atoms with Crippen molar-refractivity contribution in [2.45, 2.75) is 37.5 Å². The number of pyridine rings is 2. The molecule has 2 aromatic carbocycles. The largest absolute Gasteiger partial charge is 0.265 e. The Hall–Kier alpha value is -3.18. The van der Waals surface area contributed by atoms with Crippen LogP contribution in [0.5, 0.6) is 0 Å². The number of hydrogen-bond donors (Lipinski definition) is 0. The van der Waals surface area contributed by atoms with E-state index in [1.807, 2.05) is 60.8 Å². The highest BCUT2D eigenvalue weighted by atomic mass is 35.5. The van der Waals surface area contributed by atoms with E-state index in [1.54, 1.807) is 10.5 Å². The molecule has 320 valence electrons. The maximum atomic E-state index is 12.0. The van der Waals surface area contributed by atoms with Crippen molar-refractivity contribution in [3.63, 3.8) is 0 Å². The lowest BCUT2D eigenvalue weighted by Crippen LogP contribution is -2.39. The number of benzene rings is 2. The van der Waals surface area contributed by atoms with Crippen molar-refractivity contribution < 1.29 is 29.4 Å². The zero-order valence-corrected chi connectivity index (χ0v) is 38.2. The van der Waals surface area contributed by atoms with Crippen LogP contribution < -0.4 is 0 Å². The molecule has 0 spiro atoms.